The second kappa shape index (κ2) is 8.27. The van der Waals surface area contributed by atoms with Crippen molar-refractivity contribution in [3.05, 3.63) is 69.3 Å². The van der Waals surface area contributed by atoms with E-state index < -0.39 is 4.92 Å². The Bertz CT molecular complexity index is 779. The van der Waals surface area contributed by atoms with Gasteiger partial charge in [0.2, 0.25) is 0 Å². The van der Waals surface area contributed by atoms with Gasteiger partial charge in [-0.05, 0) is 37.7 Å². The number of non-ortho nitro benzene ring substituents is 1. The molecule has 0 heterocycles. The number of nitro groups is 1. The zero-order valence-electron chi connectivity index (χ0n) is 14.7. The molecule has 2 aromatic rings. The summed E-state index contributed by atoms with van der Waals surface area (Å²) in [5, 5.41) is 23.3. The number of benzene rings is 2. The van der Waals surface area contributed by atoms with Crippen molar-refractivity contribution in [1.82, 2.24) is 4.90 Å². The number of nitrogens with one attached hydrogen (secondary N) is 1. The largest absolute Gasteiger partial charge is 0.382 e. The van der Waals surface area contributed by atoms with Crippen LogP contribution in [0.3, 0.4) is 0 Å². The highest BCUT2D eigenvalue weighted by molar-refractivity contribution is 5.61. The van der Waals surface area contributed by atoms with Crippen LogP contribution in [0.25, 0.3) is 0 Å². The average molecular weight is 338 g/mol. The van der Waals surface area contributed by atoms with Crippen LogP contribution in [-0.4, -0.2) is 30.5 Å². The fraction of sp³-hybridized carbons (Fsp3) is 0.316. The molecule has 1 N–H and O–H groups in total. The Hall–Kier alpha value is -2.91. The molecule has 0 saturated heterocycles. The Morgan fingerprint density at radius 2 is 1.92 bits per heavy atom. The van der Waals surface area contributed by atoms with Crippen LogP contribution in [0, 0.1) is 21.4 Å². The van der Waals surface area contributed by atoms with Gasteiger partial charge >= 0.3 is 0 Å². The molecule has 0 aromatic heterocycles. The van der Waals surface area contributed by atoms with Crippen molar-refractivity contribution in [2.45, 2.75) is 19.4 Å². The summed E-state index contributed by atoms with van der Waals surface area (Å²) in [5.74, 6) is 0. The minimum Gasteiger partial charge on any atom is -0.382 e. The van der Waals surface area contributed by atoms with Crippen molar-refractivity contribution in [3.63, 3.8) is 0 Å². The van der Waals surface area contributed by atoms with Gasteiger partial charge in [0.15, 0.2) is 0 Å². The summed E-state index contributed by atoms with van der Waals surface area (Å²) in [6, 6.07) is 14.9. The Morgan fingerprint density at radius 3 is 2.44 bits per heavy atom. The maximum Gasteiger partial charge on any atom is 0.270 e. The molecule has 0 spiro atoms. The summed E-state index contributed by atoms with van der Waals surface area (Å²) in [6.45, 7) is 2.71. The minimum atomic E-state index is -0.497. The lowest BCUT2D eigenvalue weighted by atomic mass is 10.0. The molecule has 2 rings (SSSR count). The smallest absolute Gasteiger partial charge is 0.270 e. The molecule has 0 fully saturated rings. The second-order valence-electron chi connectivity index (χ2n) is 6.05. The standard InChI is InChI=1S/C19H22N4O2/c1-4-14-5-7-15(8-6-14)19(22(2)3)13-21-18-10-9-17(23(24)25)11-16(18)12-20/h5-11,19,21H,4,13H2,1-3H3. The first kappa shape index (κ1) is 18.4. The second-order valence-corrected chi connectivity index (χ2v) is 6.05. The number of hydrogen-bond donors (Lipinski definition) is 1. The number of nitriles is 1. The molecule has 0 aliphatic carbocycles. The summed E-state index contributed by atoms with van der Waals surface area (Å²) in [4.78, 5) is 12.4. The molecule has 0 aliphatic heterocycles. The van der Waals surface area contributed by atoms with Crippen LogP contribution >= 0.6 is 0 Å². The van der Waals surface area contributed by atoms with Crippen molar-refractivity contribution in [1.29, 1.82) is 5.26 Å². The zero-order valence-corrected chi connectivity index (χ0v) is 14.7. The third-order valence-electron chi connectivity index (χ3n) is 4.22. The van der Waals surface area contributed by atoms with E-state index >= 15 is 0 Å². The molecule has 130 valence electrons. The van der Waals surface area contributed by atoms with Crippen molar-refractivity contribution in [3.8, 4) is 6.07 Å². The average Bonchev–Trinajstić information content (AvgIpc) is 2.62. The van der Waals surface area contributed by atoms with E-state index in [0.717, 1.165) is 6.42 Å². The highest BCUT2D eigenvalue weighted by Crippen LogP contribution is 2.24. The minimum absolute atomic E-state index is 0.0820. The van der Waals surface area contributed by atoms with Gasteiger partial charge in [0.05, 0.1) is 22.2 Å². The molecule has 6 heteroatoms. The van der Waals surface area contributed by atoms with Gasteiger partial charge in [0.25, 0.3) is 5.69 Å². The van der Waals surface area contributed by atoms with Gasteiger partial charge < -0.3 is 10.2 Å². The topological polar surface area (TPSA) is 82.2 Å². The van der Waals surface area contributed by atoms with Crippen LogP contribution < -0.4 is 5.32 Å². The lowest BCUT2D eigenvalue weighted by Crippen LogP contribution is -2.27. The Kier molecular flexibility index (Phi) is 6.09. The number of anilines is 1. The van der Waals surface area contributed by atoms with Crippen LogP contribution in [0.4, 0.5) is 11.4 Å². The summed E-state index contributed by atoms with van der Waals surface area (Å²) in [5.41, 5.74) is 3.26. The normalized spacial score (nSPS) is 11.8. The Morgan fingerprint density at radius 1 is 1.24 bits per heavy atom. The van der Waals surface area contributed by atoms with Crippen molar-refractivity contribution in [2.75, 3.05) is 26.0 Å². The Balaban J connectivity index is 2.18. The lowest BCUT2D eigenvalue weighted by molar-refractivity contribution is -0.384. The molecule has 0 saturated carbocycles. The maximum absolute atomic E-state index is 10.8. The summed E-state index contributed by atoms with van der Waals surface area (Å²) < 4.78 is 0. The first-order valence-corrected chi connectivity index (χ1v) is 8.14. The number of nitro benzene ring substituents is 1. The van der Waals surface area contributed by atoms with Crippen molar-refractivity contribution in [2.24, 2.45) is 0 Å². The van der Waals surface area contributed by atoms with Gasteiger partial charge in [0.1, 0.15) is 6.07 Å². The molecule has 2 aromatic carbocycles. The molecule has 6 nitrogen and oxygen atoms in total. The SMILES string of the molecule is CCc1ccc(C(CNc2ccc([N+](=O)[O-])cc2C#N)N(C)C)cc1. The van der Waals surface area contributed by atoms with Crippen LogP contribution in [0.2, 0.25) is 0 Å². The van der Waals surface area contributed by atoms with Crippen LogP contribution in [0.5, 0.6) is 0 Å². The van der Waals surface area contributed by atoms with E-state index in [4.69, 9.17) is 0 Å². The van der Waals surface area contributed by atoms with Gasteiger partial charge in [-0.25, -0.2) is 0 Å². The number of aryl methyl sites for hydroxylation is 1. The van der Waals surface area contributed by atoms with E-state index in [9.17, 15) is 15.4 Å². The van der Waals surface area contributed by atoms with Gasteiger partial charge in [-0.3, -0.25) is 10.1 Å². The third kappa shape index (κ3) is 4.55. The molecular formula is C19H22N4O2. The monoisotopic (exact) mass is 338 g/mol. The van der Waals surface area contributed by atoms with Crippen molar-refractivity contribution >= 4 is 11.4 Å². The quantitative estimate of drug-likeness (QED) is 0.614. The predicted molar refractivity (Wildman–Crippen MR) is 98.5 cm³/mol. The highest BCUT2D eigenvalue weighted by Gasteiger charge is 2.16. The lowest BCUT2D eigenvalue weighted by Gasteiger charge is -2.26. The number of nitrogens with zero attached hydrogens (tertiary/aromatic N) is 3. The van der Waals surface area contributed by atoms with Gasteiger partial charge in [0, 0.05) is 18.7 Å². The first-order chi connectivity index (χ1) is 12.0. The van der Waals surface area contributed by atoms with Gasteiger partial charge in [-0.15, -0.1) is 0 Å². The van der Waals surface area contributed by atoms with Gasteiger partial charge in [-0.1, -0.05) is 31.2 Å². The van der Waals surface area contributed by atoms with Crippen LogP contribution in [-0.2, 0) is 6.42 Å². The maximum atomic E-state index is 10.8. The molecule has 1 unspecified atom stereocenters. The summed E-state index contributed by atoms with van der Waals surface area (Å²) >= 11 is 0. The number of likely N-dealkylation sites (N-methyl/N-ethyl adjacent to an activating group) is 1. The number of rotatable bonds is 7. The Labute approximate surface area is 147 Å². The van der Waals surface area contributed by atoms with Crippen molar-refractivity contribution < 1.29 is 4.92 Å². The number of hydrogen-bond acceptors (Lipinski definition) is 5. The summed E-state index contributed by atoms with van der Waals surface area (Å²) in [6.07, 6.45) is 0.999. The van der Waals surface area contributed by atoms with E-state index in [-0.39, 0.29) is 17.3 Å². The van der Waals surface area contributed by atoms with Crippen LogP contribution in [0.1, 0.15) is 29.7 Å². The van der Waals surface area contributed by atoms with E-state index in [1.54, 1.807) is 6.07 Å². The van der Waals surface area contributed by atoms with Gasteiger partial charge in [-0.2, -0.15) is 5.26 Å². The summed E-state index contributed by atoms with van der Waals surface area (Å²) in [7, 11) is 4.00. The fourth-order valence-corrected chi connectivity index (χ4v) is 2.67. The zero-order chi connectivity index (χ0) is 18.4. The van der Waals surface area contributed by atoms with E-state index in [2.05, 4.69) is 41.4 Å². The third-order valence-corrected chi connectivity index (χ3v) is 4.22. The van der Waals surface area contributed by atoms with E-state index in [1.165, 1.54) is 23.3 Å². The molecule has 0 bridgehead atoms. The molecule has 0 aliphatic rings. The first-order valence-electron chi connectivity index (χ1n) is 8.14. The van der Waals surface area contributed by atoms with E-state index in [0.29, 0.717) is 12.2 Å². The molecule has 1 atom stereocenters. The van der Waals surface area contributed by atoms with Crippen LogP contribution in [0.15, 0.2) is 42.5 Å². The highest BCUT2D eigenvalue weighted by atomic mass is 16.6. The molecule has 0 amide bonds. The molecule has 0 radical (unpaired) electrons. The molecule has 25 heavy (non-hydrogen) atoms. The molecular weight excluding hydrogens is 316 g/mol. The fourth-order valence-electron chi connectivity index (χ4n) is 2.67. The van der Waals surface area contributed by atoms with E-state index in [1.807, 2.05) is 20.2 Å². The predicted octanol–water partition coefficient (Wildman–Crippen LogP) is 3.74.